The van der Waals surface area contributed by atoms with E-state index in [0.717, 1.165) is 31.0 Å². The Morgan fingerprint density at radius 2 is 1.79 bits per heavy atom. The highest BCUT2D eigenvalue weighted by atomic mass is 32.2. The van der Waals surface area contributed by atoms with Crippen molar-refractivity contribution in [2.24, 2.45) is 0 Å². The fraction of sp³-hybridized carbons (Fsp3) is 0.261. The minimum atomic E-state index is -4.59. The van der Waals surface area contributed by atoms with Crippen LogP contribution < -0.4 is 4.72 Å². The van der Waals surface area contributed by atoms with E-state index in [1.54, 1.807) is 23.3 Å². The molecule has 1 aromatic heterocycles. The van der Waals surface area contributed by atoms with Crippen LogP contribution in [0.15, 0.2) is 76.2 Å². The summed E-state index contributed by atoms with van der Waals surface area (Å²) >= 11 is 0. The molecule has 0 aliphatic heterocycles. The summed E-state index contributed by atoms with van der Waals surface area (Å²) in [5.74, 6) is 0.399. The molecular formula is C23H21F3N2O4S. The predicted molar refractivity (Wildman–Crippen MR) is 115 cm³/mol. The number of nitrogens with zero attached hydrogens (tertiary/aromatic N) is 1. The number of amides is 1. The zero-order chi connectivity index (χ0) is 23.8. The van der Waals surface area contributed by atoms with Crippen LogP contribution in [-0.2, 0) is 16.2 Å². The van der Waals surface area contributed by atoms with Gasteiger partial charge in [0, 0.05) is 17.3 Å². The lowest BCUT2D eigenvalue weighted by Crippen LogP contribution is -2.35. The van der Waals surface area contributed by atoms with Crippen molar-refractivity contribution in [2.75, 3.05) is 4.72 Å². The highest BCUT2D eigenvalue weighted by molar-refractivity contribution is 7.92. The summed E-state index contributed by atoms with van der Waals surface area (Å²) in [6.07, 6.45) is -1.30. The fourth-order valence-corrected chi connectivity index (χ4v) is 4.63. The maximum Gasteiger partial charge on any atom is 0.416 e. The Balaban J connectivity index is 1.53. The molecule has 1 atom stereocenters. The number of furan rings is 1. The van der Waals surface area contributed by atoms with Crippen LogP contribution in [0.25, 0.3) is 0 Å². The van der Waals surface area contributed by atoms with E-state index in [1.165, 1.54) is 30.3 Å². The van der Waals surface area contributed by atoms with Crippen molar-refractivity contribution in [2.45, 2.75) is 42.9 Å². The van der Waals surface area contributed by atoms with Gasteiger partial charge >= 0.3 is 6.18 Å². The molecule has 0 saturated heterocycles. The average Bonchev–Trinajstić information content (AvgIpc) is 3.44. The minimum absolute atomic E-state index is 0.0867. The number of benzene rings is 2. The smallest absolute Gasteiger partial charge is 0.416 e. The zero-order valence-corrected chi connectivity index (χ0v) is 18.4. The van der Waals surface area contributed by atoms with E-state index < -0.39 is 21.8 Å². The van der Waals surface area contributed by atoms with Crippen LogP contribution in [0.5, 0.6) is 0 Å². The quantitative estimate of drug-likeness (QED) is 0.489. The third-order valence-corrected chi connectivity index (χ3v) is 6.80. The van der Waals surface area contributed by atoms with Crippen LogP contribution in [0.1, 0.15) is 47.5 Å². The molecule has 1 aliphatic carbocycles. The molecule has 2 aromatic carbocycles. The fourth-order valence-electron chi connectivity index (χ4n) is 3.58. The lowest BCUT2D eigenvalue weighted by molar-refractivity contribution is -0.137. The van der Waals surface area contributed by atoms with Crippen LogP contribution in [0.2, 0.25) is 0 Å². The van der Waals surface area contributed by atoms with Crippen molar-refractivity contribution in [1.29, 1.82) is 0 Å². The van der Waals surface area contributed by atoms with Crippen molar-refractivity contribution in [3.8, 4) is 0 Å². The van der Waals surface area contributed by atoms with E-state index in [-0.39, 0.29) is 28.6 Å². The molecule has 4 rings (SSSR count). The summed E-state index contributed by atoms with van der Waals surface area (Å²) in [7, 11) is -4.15. The standard InChI is InChI=1S/C23H21F3N2O4S/c1-15(21-6-3-13-32-21)28(19-9-10-19)22(29)16-7-11-20(12-8-16)33(30,31)27-18-5-2-4-17(14-18)23(24,25)26/h2-8,11-15,19,27H,9-10H2,1H3. The lowest BCUT2D eigenvalue weighted by Gasteiger charge is -2.28. The topological polar surface area (TPSA) is 79.6 Å². The molecule has 1 heterocycles. The summed E-state index contributed by atoms with van der Waals surface area (Å²) in [4.78, 5) is 14.7. The SMILES string of the molecule is CC(c1ccco1)N(C(=O)c1ccc(S(=O)(=O)Nc2cccc(C(F)(F)F)c2)cc1)C1CC1. The minimum Gasteiger partial charge on any atom is -0.467 e. The second-order valence-corrected chi connectivity index (χ2v) is 9.53. The largest absolute Gasteiger partial charge is 0.467 e. The molecule has 1 fully saturated rings. The first-order valence-corrected chi connectivity index (χ1v) is 11.7. The van der Waals surface area contributed by atoms with Crippen molar-refractivity contribution in [3.05, 3.63) is 83.8 Å². The monoisotopic (exact) mass is 478 g/mol. The van der Waals surface area contributed by atoms with Gasteiger partial charge in [0.05, 0.1) is 22.8 Å². The number of carbonyl (C=O) groups is 1. The van der Waals surface area contributed by atoms with Gasteiger partial charge in [0.15, 0.2) is 0 Å². The summed E-state index contributed by atoms with van der Waals surface area (Å²) in [6.45, 7) is 1.87. The van der Waals surface area contributed by atoms with Gasteiger partial charge in [-0.15, -0.1) is 0 Å². The van der Waals surface area contributed by atoms with Crippen LogP contribution in [0.4, 0.5) is 18.9 Å². The molecule has 10 heteroatoms. The summed E-state index contributed by atoms with van der Waals surface area (Å²) in [5, 5.41) is 0. The summed E-state index contributed by atoms with van der Waals surface area (Å²) in [6, 6.07) is 12.6. The van der Waals surface area contributed by atoms with Gasteiger partial charge in [-0.2, -0.15) is 13.2 Å². The lowest BCUT2D eigenvalue weighted by atomic mass is 10.1. The number of nitrogens with one attached hydrogen (secondary N) is 1. The predicted octanol–water partition coefficient (Wildman–Crippen LogP) is 5.47. The van der Waals surface area contributed by atoms with Crippen LogP contribution in [0, 0.1) is 0 Å². The van der Waals surface area contributed by atoms with Gasteiger partial charge in [-0.25, -0.2) is 8.42 Å². The van der Waals surface area contributed by atoms with Crippen molar-refractivity contribution < 1.29 is 30.8 Å². The molecule has 1 amide bonds. The van der Waals surface area contributed by atoms with Gasteiger partial charge < -0.3 is 9.32 Å². The second-order valence-electron chi connectivity index (χ2n) is 7.84. The zero-order valence-electron chi connectivity index (χ0n) is 17.5. The Morgan fingerprint density at radius 1 is 1.09 bits per heavy atom. The van der Waals surface area contributed by atoms with E-state index in [1.807, 2.05) is 6.92 Å². The van der Waals surface area contributed by atoms with E-state index in [4.69, 9.17) is 4.42 Å². The molecule has 1 N–H and O–H groups in total. The van der Waals surface area contributed by atoms with Gasteiger partial charge in [-0.3, -0.25) is 9.52 Å². The Hall–Kier alpha value is -3.27. The maximum absolute atomic E-state index is 13.2. The van der Waals surface area contributed by atoms with Crippen LogP contribution in [-0.4, -0.2) is 25.3 Å². The van der Waals surface area contributed by atoms with Crippen molar-refractivity contribution in [1.82, 2.24) is 4.90 Å². The van der Waals surface area contributed by atoms with Gasteiger partial charge in [0.2, 0.25) is 0 Å². The van der Waals surface area contributed by atoms with Crippen LogP contribution in [0.3, 0.4) is 0 Å². The van der Waals surface area contributed by atoms with Gasteiger partial charge in [0.1, 0.15) is 5.76 Å². The molecule has 0 bridgehead atoms. The number of sulfonamides is 1. The molecule has 3 aromatic rings. The third-order valence-electron chi connectivity index (χ3n) is 5.40. The second kappa shape index (κ2) is 8.58. The molecule has 0 spiro atoms. The summed E-state index contributed by atoms with van der Waals surface area (Å²) < 4.78 is 71.6. The van der Waals surface area contributed by atoms with E-state index in [0.29, 0.717) is 11.3 Å². The number of rotatable bonds is 7. The van der Waals surface area contributed by atoms with Gasteiger partial charge in [-0.05, 0) is 74.4 Å². The molecule has 1 saturated carbocycles. The van der Waals surface area contributed by atoms with Crippen LogP contribution >= 0.6 is 0 Å². The Labute approximate surface area is 189 Å². The Kier molecular flexibility index (Phi) is 5.96. The first-order chi connectivity index (χ1) is 15.6. The van der Waals surface area contributed by atoms with Gasteiger partial charge in [-0.1, -0.05) is 6.07 Å². The molecule has 0 radical (unpaired) electrons. The Morgan fingerprint density at radius 3 is 2.36 bits per heavy atom. The normalized spacial score (nSPS) is 15.2. The van der Waals surface area contributed by atoms with Gasteiger partial charge in [0.25, 0.3) is 15.9 Å². The first-order valence-electron chi connectivity index (χ1n) is 10.2. The number of carbonyl (C=O) groups excluding carboxylic acids is 1. The average molecular weight is 478 g/mol. The number of hydrogen-bond acceptors (Lipinski definition) is 4. The maximum atomic E-state index is 13.2. The molecular weight excluding hydrogens is 457 g/mol. The first kappa shape index (κ1) is 22.9. The molecule has 6 nitrogen and oxygen atoms in total. The number of hydrogen-bond donors (Lipinski definition) is 1. The number of halogens is 3. The summed E-state index contributed by atoms with van der Waals surface area (Å²) in [5.41, 5.74) is -0.870. The van der Waals surface area contributed by atoms with E-state index in [9.17, 15) is 26.4 Å². The molecule has 1 aliphatic rings. The third kappa shape index (κ3) is 5.05. The highest BCUT2D eigenvalue weighted by Gasteiger charge is 2.37. The van der Waals surface area contributed by atoms with Crippen molar-refractivity contribution >= 4 is 21.6 Å². The number of anilines is 1. The van der Waals surface area contributed by atoms with E-state index >= 15 is 0 Å². The number of alkyl halides is 3. The molecule has 1 unspecified atom stereocenters. The molecule has 174 valence electrons. The molecule has 33 heavy (non-hydrogen) atoms. The Bertz CT molecular complexity index is 1240. The van der Waals surface area contributed by atoms with Crippen molar-refractivity contribution in [3.63, 3.8) is 0 Å². The highest BCUT2D eigenvalue weighted by Crippen LogP contribution is 2.36. The van der Waals surface area contributed by atoms with E-state index in [2.05, 4.69) is 4.72 Å².